The smallest absolute Gasteiger partial charge is 0.238 e. The zero-order valence-corrected chi connectivity index (χ0v) is 11.4. The van der Waals surface area contributed by atoms with Crippen LogP contribution in [0.25, 0.3) is 0 Å². The van der Waals surface area contributed by atoms with Gasteiger partial charge in [-0.1, -0.05) is 12.8 Å². The van der Waals surface area contributed by atoms with Crippen molar-refractivity contribution in [2.24, 2.45) is 5.92 Å². The van der Waals surface area contributed by atoms with Crippen LogP contribution in [0, 0.1) is 5.92 Å². The molecule has 2 N–H and O–H groups in total. The van der Waals surface area contributed by atoms with Crippen LogP contribution in [-0.4, -0.2) is 26.1 Å². The maximum absolute atomic E-state index is 11.7. The molecule has 1 aliphatic carbocycles. The van der Waals surface area contributed by atoms with Gasteiger partial charge in [0, 0.05) is 5.69 Å². The number of carbonyl (C=O) groups is 1. The lowest BCUT2D eigenvalue weighted by atomic mass is 10.1. The summed E-state index contributed by atoms with van der Waals surface area (Å²) in [6.07, 6.45) is 5.27. The zero-order valence-electron chi connectivity index (χ0n) is 11.4. The number of amides is 1. The molecule has 0 aromatic heterocycles. The molecule has 1 aromatic carbocycles. The van der Waals surface area contributed by atoms with Crippen LogP contribution < -0.4 is 15.4 Å². The minimum Gasteiger partial charge on any atom is -0.497 e. The summed E-state index contributed by atoms with van der Waals surface area (Å²) in [6.45, 7) is 1.33. The van der Waals surface area contributed by atoms with Gasteiger partial charge in [0.2, 0.25) is 5.91 Å². The highest BCUT2D eigenvalue weighted by molar-refractivity contribution is 5.92. The van der Waals surface area contributed by atoms with E-state index in [2.05, 4.69) is 10.6 Å². The third-order valence-corrected chi connectivity index (χ3v) is 3.57. The average molecular weight is 262 g/mol. The van der Waals surface area contributed by atoms with Crippen molar-refractivity contribution >= 4 is 11.6 Å². The summed E-state index contributed by atoms with van der Waals surface area (Å²) in [6, 6.07) is 7.35. The summed E-state index contributed by atoms with van der Waals surface area (Å²) in [4.78, 5) is 11.7. The van der Waals surface area contributed by atoms with Gasteiger partial charge in [-0.05, 0) is 49.6 Å². The Kier molecular flexibility index (Phi) is 5.21. The van der Waals surface area contributed by atoms with E-state index >= 15 is 0 Å². The van der Waals surface area contributed by atoms with Crippen molar-refractivity contribution in [1.82, 2.24) is 5.32 Å². The maximum Gasteiger partial charge on any atom is 0.238 e. The van der Waals surface area contributed by atoms with Crippen LogP contribution in [0.2, 0.25) is 0 Å². The predicted octanol–water partition coefficient (Wildman–Crippen LogP) is 2.41. The molecule has 1 aliphatic rings. The molecule has 4 heteroatoms. The van der Waals surface area contributed by atoms with Gasteiger partial charge in [-0.2, -0.15) is 0 Å². The van der Waals surface area contributed by atoms with Gasteiger partial charge in [0.15, 0.2) is 0 Å². The SMILES string of the molecule is COc1ccc(NC(=O)CNCC2CCCC2)cc1. The summed E-state index contributed by atoms with van der Waals surface area (Å²) in [5.41, 5.74) is 0.800. The van der Waals surface area contributed by atoms with Crippen molar-refractivity contribution in [2.75, 3.05) is 25.5 Å². The first-order chi connectivity index (χ1) is 9.28. The van der Waals surface area contributed by atoms with Crippen molar-refractivity contribution in [3.05, 3.63) is 24.3 Å². The molecule has 1 saturated carbocycles. The molecule has 0 atom stereocenters. The van der Waals surface area contributed by atoms with Crippen molar-refractivity contribution in [3.8, 4) is 5.75 Å². The highest BCUT2D eigenvalue weighted by Gasteiger charge is 2.14. The molecule has 19 heavy (non-hydrogen) atoms. The third-order valence-electron chi connectivity index (χ3n) is 3.57. The lowest BCUT2D eigenvalue weighted by Gasteiger charge is -2.11. The number of methoxy groups -OCH3 is 1. The topological polar surface area (TPSA) is 50.4 Å². The van der Waals surface area contributed by atoms with Crippen LogP contribution in [0.4, 0.5) is 5.69 Å². The van der Waals surface area contributed by atoms with E-state index in [0.717, 1.165) is 23.9 Å². The highest BCUT2D eigenvalue weighted by Crippen LogP contribution is 2.23. The van der Waals surface area contributed by atoms with Crippen molar-refractivity contribution in [3.63, 3.8) is 0 Å². The van der Waals surface area contributed by atoms with Crippen molar-refractivity contribution < 1.29 is 9.53 Å². The predicted molar refractivity (Wildman–Crippen MR) is 76.5 cm³/mol. The Labute approximate surface area is 114 Å². The second-order valence-corrected chi connectivity index (χ2v) is 5.06. The second-order valence-electron chi connectivity index (χ2n) is 5.06. The molecule has 0 bridgehead atoms. The summed E-state index contributed by atoms with van der Waals surface area (Å²) in [7, 11) is 1.63. The second kappa shape index (κ2) is 7.14. The number of ether oxygens (including phenoxy) is 1. The van der Waals surface area contributed by atoms with E-state index in [1.54, 1.807) is 7.11 Å². The van der Waals surface area contributed by atoms with E-state index in [1.165, 1.54) is 25.7 Å². The molecule has 1 fully saturated rings. The maximum atomic E-state index is 11.7. The Hall–Kier alpha value is -1.55. The van der Waals surface area contributed by atoms with Crippen LogP contribution in [-0.2, 0) is 4.79 Å². The lowest BCUT2D eigenvalue weighted by Crippen LogP contribution is -2.31. The fourth-order valence-electron chi connectivity index (χ4n) is 2.48. The number of carbonyl (C=O) groups excluding carboxylic acids is 1. The molecule has 4 nitrogen and oxygen atoms in total. The molecular weight excluding hydrogens is 240 g/mol. The third kappa shape index (κ3) is 4.56. The normalized spacial score (nSPS) is 15.4. The molecule has 0 unspecified atom stereocenters. The van der Waals surface area contributed by atoms with E-state index in [1.807, 2.05) is 24.3 Å². The van der Waals surface area contributed by atoms with Crippen molar-refractivity contribution in [2.45, 2.75) is 25.7 Å². The molecule has 1 aromatic rings. The molecule has 104 valence electrons. The van der Waals surface area contributed by atoms with E-state index in [-0.39, 0.29) is 5.91 Å². The Morgan fingerprint density at radius 2 is 1.95 bits per heavy atom. The number of benzene rings is 1. The summed E-state index contributed by atoms with van der Waals surface area (Å²) in [5, 5.41) is 6.09. The standard InChI is InChI=1S/C15H22N2O2/c1-19-14-8-6-13(7-9-14)17-15(18)11-16-10-12-4-2-3-5-12/h6-9,12,16H,2-5,10-11H2,1H3,(H,17,18). The molecule has 0 spiro atoms. The Balaban J connectivity index is 1.68. The van der Waals surface area contributed by atoms with Gasteiger partial charge >= 0.3 is 0 Å². The first-order valence-corrected chi connectivity index (χ1v) is 6.92. The Morgan fingerprint density at radius 1 is 1.26 bits per heavy atom. The van der Waals surface area contributed by atoms with Gasteiger partial charge in [0.25, 0.3) is 0 Å². The minimum absolute atomic E-state index is 0.00293. The fraction of sp³-hybridized carbons (Fsp3) is 0.533. The van der Waals surface area contributed by atoms with Crippen LogP contribution in [0.15, 0.2) is 24.3 Å². The lowest BCUT2D eigenvalue weighted by molar-refractivity contribution is -0.115. The van der Waals surface area contributed by atoms with E-state index in [4.69, 9.17) is 4.74 Å². The highest BCUT2D eigenvalue weighted by atomic mass is 16.5. The quantitative estimate of drug-likeness (QED) is 0.827. The van der Waals surface area contributed by atoms with Gasteiger partial charge in [0.05, 0.1) is 13.7 Å². The summed E-state index contributed by atoms with van der Waals surface area (Å²) < 4.78 is 5.07. The summed E-state index contributed by atoms with van der Waals surface area (Å²) >= 11 is 0. The monoisotopic (exact) mass is 262 g/mol. The molecule has 0 heterocycles. The molecule has 2 rings (SSSR count). The number of anilines is 1. The minimum atomic E-state index is 0.00293. The molecule has 0 radical (unpaired) electrons. The van der Waals surface area contributed by atoms with Gasteiger partial charge in [-0.15, -0.1) is 0 Å². The fourth-order valence-corrected chi connectivity index (χ4v) is 2.48. The van der Waals surface area contributed by atoms with Crippen molar-refractivity contribution in [1.29, 1.82) is 0 Å². The molecule has 0 saturated heterocycles. The first kappa shape index (κ1) is 13.9. The van der Waals surface area contributed by atoms with Crippen LogP contribution in [0.3, 0.4) is 0 Å². The number of hydrogen-bond acceptors (Lipinski definition) is 3. The average Bonchev–Trinajstić information content (AvgIpc) is 2.93. The Bertz CT molecular complexity index is 397. The molecule has 0 aliphatic heterocycles. The van der Waals surface area contributed by atoms with Crippen LogP contribution >= 0.6 is 0 Å². The zero-order chi connectivity index (χ0) is 13.5. The van der Waals surface area contributed by atoms with Gasteiger partial charge in [0.1, 0.15) is 5.75 Å². The first-order valence-electron chi connectivity index (χ1n) is 6.92. The molecular formula is C15H22N2O2. The van der Waals surface area contributed by atoms with Gasteiger partial charge in [-0.3, -0.25) is 4.79 Å². The number of hydrogen-bond donors (Lipinski definition) is 2. The van der Waals surface area contributed by atoms with E-state index < -0.39 is 0 Å². The summed E-state index contributed by atoms with van der Waals surface area (Å²) in [5.74, 6) is 1.55. The Morgan fingerprint density at radius 3 is 2.58 bits per heavy atom. The van der Waals surface area contributed by atoms with Crippen LogP contribution in [0.1, 0.15) is 25.7 Å². The number of nitrogens with one attached hydrogen (secondary N) is 2. The number of rotatable bonds is 6. The van der Waals surface area contributed by atoms with Gasteiger partial charge in [-0.25, -0.2) is 0 Å². The van der Waals surface area contributed by atoms with Gasteiger partial charge < -0.3 is 15.4 Å². The largest absolute Gasteiger partial charge is 0.497 e. The van der Waals surface area contributed by atoms with E-state index in [9.17, 15) is 4.79 Å². The van der Waals surface area contributed by atoms with Crippen LogP contribution in [0.5, 0.6) is 5.75 Å². The molecule has 1 amide bonds. The van der Waals surface area contributed by atoms with E-state index in [0.29, 0.717) is 6.54 Å².